The average Bonchev–Trinajstić information content (AvgIpc) is 2.78. The van der Waals surface area contributed by atoms with E-state index in [1.807, 2.05) is 4.90 Å². The second-order valence-corrected chi connectivity index (χ2v) is 5.09. The van der Waals surface area contributed by atoms with Crippen molar-refractivity contribution >= 4 is 23.2 Å². The van der Waals surface area contributed by atoms with Gasteiger partial charge in [0.2, 0.25) is 11.8 Å². The molecule has 4 N–H and O–H groups in total. The highest BCUT2D eigenvalue weighted by Crippen LogP contribution is 2.12. The Morgan fingerprint density at radius 1 is 1.35 bits per heavy atom. The van der Waals surface area contributed by atoms with Gasteiger partial charge in [-0.05, 0) is 30.7 Å². The van der Waals surface area contributed by atoms with Gasteiger partial charge in [0.25, 0.3) is 0 Å². The number of nitrogens with one attached hydrogen (secondary N) is 2. The van der Waals surface area contributed by atoms with Crippen LogP contribution in [0.3, 0.4) is 0 Å². The van der Waals surface area contributed by atoms with Crippen molar-refractivity contribution in [2.45, 2.75) is 19.4 Å². The van der Waals surface area contributed by atoms with Crippen molar-refractivity contribution in [2.24, 2.45) is 0 Å². The highest BCUT2D eigenvalue weighted by Gasteiger charge is 2.24. The molecule has 1 fully saturated rings. The first-order valence-corrected chi connectivity index (χ1v) is 6.68. The second kappa shape index (κ2) is 6.38. The molecule has 1 aliphatic rings. The first-order valence-electron chi connectivity index (χ1n) is 6.68. The molecule has 2 rings (SSSR count). The number of carbonyl (C=O) groups excluding carboxylic acids is 2. The van der Waals surface area contributed by atoms with Gasteiger partial charge in [-0.15, -0.1) is 0 Å². The number of hydrogen-bond acceptors (Lipinski definition) is 4. The highest BCUT2D eigenvalue weighted by molar-refractivity contribution is 5.92. The Kier molecular flexibility index (Phi) is 4.57. The number of likely N-dealkylation sites (tertiary alicyclic amines) is 1. The number of nitrogen functional groups attached to an aromatic ring is 1. The van der Waals surface area contributed by atoms with Crippen LogP contribution >= 0.6 is 0 Å². The van der Waals surface area contributed by atoms with Crippen molar-refractivity contribution in [3.63, 3.8) is 0 Å². The molecule has 6 nitrogen and oxygen atoms in total. The molecule has 0 aliphatic carbocycles. The minimum atomic E-state index is -0.0572. The van der Waals surface area contributed by atoms with E-state index in [0.717, 1.165) is 25.2 Å². The summed E-state index contributed by atoms with van der Waals surface area (Å²) >= 11 is 0. The van der Waals surface area contributed by atoms with Crippen LogP contribution in [-0.4, -0.2) is 42.4 Å². The topological polar surface area (TPSA) is 87.5 Å². The molecule has 2 amide bonds. The van der Waals surface area contributed by atoms with Crippen LogP contribution in [-0.2, 0) is 9.59 Å². The summed E-state index contributed by atoms with van der Waals surface area (Å²) in [4.78, 5) is 24.9. The molecule has 1 unspecified atom stereocenters. The fourth-order valence-corrected chi connectivity index (χ4v) is 2.35. The lowest BCUT2D eigenvalue weighted by atomic mass is 10.2. The predicted octanol–water partition coefficient (Wildman–Crippen LogP) is 0.418. The van der Waals surface area contributed by atoms with Crippen LogP contribution in [0.25, 0.3) is 0 Å². The van der Waals surface area contributed by atoms with E-state index in [-0.39, 0.29) is 17.9 Å². The Morgan fingerprint density at radius 3 is 2.70 bits per heavy atom. The quantitative estimate of drug-likeness (QED) is 0.695. The van der Waals surface area contributed by atoms with E-state index in [1.54, 1.807) is 24.3 Å². The van der Waals surface area contributed by atoms with Crippen molar-refractivity contribution < 1.29 is 9.59 Å². The number of anilines is 2. The molecular weight excluding hydrogens is 256 g/mol. The van der Waals surface area contributed by atoms with Gasteiger partial charge in [-0.1, -0.05) is 0 Å². The van der Waals surface area contributed by atoms with Crippen molar-refractivity contribution in [1.29, 1.82) is 0 Å². The SMILES string of the molecule is CC(=O)NC1CCN(CC(=O)Nc2ccc(N)cc2)C1. The van der Waals surface area contributed by atoms with Crippen LogP contribution in [0, 0.1) is 0 Å². The molecule has 20 heavy (non-hydrogen) atoms. The van der Waals surface area contributed by atoms with Gasteiger partial charge in [0.1, 0.15) is 0 Å². The van der Waals surface area contributed by atoms with E-state index in [1.165, 1.54) is 6.92 Å². The Bertz CT molecular complexity index is 486. The second-order valence-electron chi connectivity index (χ2n) is 5.09. The van der Waals surface area contributed by atoms with Crippen LogP contribution in [0.1, 0.15) is 13.3 Å². The van der Waals surface area contributed by atoms with Crippen molar-refractivity contribution in [2.75, 3.05) is 30.7 Å². The molecule has 1 aromatic rings. The largest absolute Gasteiger partial charge is 0.399 e. The third-order valence-corrected chi connectivity index (χ3v) is 3.24. The zero-order chi connectivity index (χ0) is 14.5. The summed E-state index contributed by atoms with van der Waals surface area (Å²) in [6.45, 7) is 3.38. The Hall–Kier alpha value is -2.08. The number of hydrogen-bond donors (Lipinski definition) is 3. The van der Waals surface area contributed by atoms with E-state index in [2.05, 4.69) is 10.6 Å². The summed E-state index contributed by atoms with van der Waals surface area (Å²) in [6, 6.07) is 7.20. The van der Waals surface area contributed by atoms with Gasteiger partial charge >= 0.3 is 0 Å². The minimum absolute atomic E-state index is 0.0248. The standard InChI is InChI=1S/C14H20N4O2/c1-10(19)16-13-6-7-18(8-13)9-14(20)17-12-4-2-11(15)3-5-12/h2-5,13H,6-9,15H2,1H3,(H,16,19)(H,17,20). The summed E-state index contributed by atoms with van der Waals surface area (Å²) in [5.41, 5.74) is 6.99. The van der Waals surface area contributed by atoms with Gasteiger partial charge in [0.15, 0.2) is 0 Å². The molecule has 0 spiro atoms. The molecule has 0 radical (unpaired) electrons. The lowest BCUT2D eigenvalue weighted by molar-refractivity contribution is -0.119. The molecule has 0 saturated carbocycles. The smallest absolute Gasteiger partial charge is 0.238 e. The molecule has 0 aromatic heterocycles. The van der Waals surface area contributed by atoms with E-state index >= 15 is 0 Å². The summed E-state index contributed by atoms with van der Waals surface area (Å²) < 4.78 is 0. The molecule has 1 heterocycles. The fraction of sp³-hybridized carbons (Fsp3) is 0.429. The molecule has 108 valence electrons. The zero-order valence-electron chi connectivity index (χ0n) is 11.6. The van der Waals surface area contributed by atoms with Crippen molar-refractivity contribution in [1.82, 2.24) is 10.2 Å². The number of amides is 2. The van der Waals surface area contributed by atoms with Gasteiger partial charge in [-0.2, -0.15) is 0 Å². The van der Waals surface area contributed by atoms with Gasteiger partial charge < -0.3 is 16.4 Å². The molecule has 1 aliphatic heterocycles. The number of rotatable bonds is 4. The summed E-state index contributed by atoms with van der Waals surface area (Å²) in [5.74, 6) is -0.0820. The first kappa shape index (κ1) is 14.3. The fourth-order valence-electron chi connectivity index (χ4n) is 2.35. The number of nitrogens with two attached hydrogens (primary N) is 1. The van der Waals surface area contributed by atoms with Gasteiger partial charge in [-0.3, -0.25) is 14.5 Å². The molecule has 6 heteroatoms. The normalized spacial score (nSPS) is 18.8. The lowest BCUT2D eigenvalue weighted by Gasteiger charge is -2.16. The van der Waals surface area contributed by atoms with Crippen LogP contribution in [0.2, 0.25) is 0 Å². The minimum Gasteiger partial charge on any atom is -0.399 e. The van der Waals surface area contributed by atoms with Crippen LogP contribution in [0.15, 0.2) is 24.3 Å². The third-order valence-electron chi connectivity index (χ3n) is 3.24. The molecular formula is C14H20N4O2. The van der Waals surface area contributed by atoms with Gasteiger partial charge in [0.05, 0.1) is 6.54 Å². The average molecular weight is 276 g/mol. The van der Waals surface area contributed by atoms with Gasteiger partial charge in [-0.25, -0.2) is 0 Å². The summed E-state index contributed by atoms with van der Waals surface area (Å²) in [5, 5.41) is 5.70. The highest BCUT2D eigenvalue weighted by atomic mass is 16.2. The van der Waals surface area contributed by atoms with E-state index in [0.29, 0.717) is 12.2 Å². The molecule has 1 atom stereocenters. The maximum atomic E-state index is 11.9. The van der Waals surface area contributed by atoms with Crippen molar-refractivity contribution in [3.05, 3.63) is 24.3 Å². The summed E-state index contributed by atoms with van der Waals surface area (Å²) in [6.07, 6.45) is 0.884. The molecule has 1 saturated heterocycles. The Morgan fingerprint density at radius 2 is 2.05 bits per heavy atom. The predicted molar refractivity (Wildman–Crippen MR) is 78.1 cm³/mol. The number of carbonyl (C=O) groups is 2. The van der Waals surface area contributed by atoms with Crippen molar-refractivity contribution in [3.8, 4) is 0 Å². The number of benzene rings is 1. The Balaban J connectivity index is 1.78. The Labute approximate surface area is 118 Å². The maximum Gasteiger partial charge on any atom is 0.238 e. The summed E-state index contributed by atoms with van der Waals surface area (Å²) in [7, 11) is 0. The van der Waals surface area contributed by atoms with Crippen LogP contribution < -0.4 is 16.4 Å². The first-order chi connectivity index (χ1) is 9.52. The van der Waals surface area contributed by atoms with E-state index in [4.69, 9.17) is 5.73 Å². The van der Waals surface area contributed by atoms with Crippen LogP contribution in [0.4, 0.5) is 11.4 Å². The lowest BCUT2D eigenvalue weighted by Crippen LogP contribution is -2.37. The van der Waals surface area contributed by atoms with Crippen LogP contribution in [0.5, 0.6) is 0 Å². The monoisotopic (exact) mass is 276 g/mol. The zero-order valence-corrected chi connectivity index (χ0v) is 11.6. The van der Waals surface area contributed by atoms with E-state index in [9.17, 15) is 9.59 Å². The third kappa shape index (κ3) is 4.24. The van der Waals surface area contributed by atoms with E-state index < -0.39 is 0 Å². The molecule has 1 aromatic carbocycles. The number of nitrogens with zero attached hydrogens (tertiary/aromatic N) is 1. The maximum absolute atomic E-state index is 11.9. The molecule has 0 bridgehead atoms. The van der Waals surface area contributed by atoms with Gasteiger partial charge in [0, 0.05) is 37.4 Å².